The van der Waals surface area contributed by atoms with Crippen LogP contribution in [-0.2, 0) is 0 Å². The highest BCUT2D eigenvalue weighted by Crippen LogP contribution is 2.43. The number of fused-ring (bicyclic) bond motifs is 1. The maximum absolute atomic E-state index is 6.80. The van der Waals surface area contributed by atoms with Crippen molar-refractivity contribution in [1.29, 1.82) is 0 Å². The van der Waals surface area contributed by atoms with Crippen LogP contribution in [0.25, 0.3) is 16.8 Å². The summed E-state index contributed by atoms with van der Waals surface area (Å²) in [5.41, 5.74) is 2.90. The third kappa shape index (κ3) is 3.23. The lowest BCUT2D eigenvalue weighted by Gasteiger charge is -2.42. The van der Waals surface area contributed by atoms with E-state index in [1.165, 1.54) is 16.3 Å². The van der Waals surface area contributed by atoms with E-state index in [0.717, 1.165) is 5.75 Å². The molecule has 2 heteroatoms. The molecule has 0 spiro atoms. The Morgan fingerprint density at radius 3 is 2.04 bits per heavy atom. The SMILES string of the molecule is C=Cc1cccc2ccc(O[Si](C(C)C)(C(C)C)C(C)C)cc12. The van der Waals surface area contributed by atoms with E-state index in [9.17, 15) is 0 Å². The maximum Gasteiger partial charge on any atom is 0.258 e. The molecule has 0 heterocycles. The number of hydrogen-bond donors (Lipinski definition) is 0. The first kappa shape index (κ1) is 17.8. The average molecular weight is 327 g/mol. The molecule has 0 amide bonds. The average Bonchev–Trinajstić information content (AvgIpc) is 2.50. The summed E-state index contributed by atoms with van der Waals surface area (Å²) >= 11 is 0. The zero-order valence-corrected chi connectivity index (χ0v) is 16.4. The molecule has 0 N–H and O–H groups in total. The predicted molar refractivity (Wildman–Crippen MR) is 106 cm³/mol. The summed E-state index contributed by atoms with van der Waals surface area (Å²) in [6, 6.07) is 12.8. The van der Waals surface area contributed by atoms with Gasteiger partial charge in [0, 0.05) is 0 Å². The van der Waals surface area contributed by atoms with Gasteiger partial charge in [0.05, 0.1) is 0 Å². The molecule has 124 valence electrons. The van der Waals surface area contributed by atoms with Crippen LogP contribution in [0.15, 0.2) is 43.0 Å². The lowest BCUT2D eigenvalue weighted by molar-refractivity contribution is 0.480. The Balaban J connectivity index is 2.52. The normalized spacial score (nSPS) is 12.4. The minimum Gasteiger partial charge on any atom is -0.543 e. The highest BCUT2D eigenvalue weighted by Gasteiger charge is 2.46. The van der Waals surface area contributed by atoms with Crippen LogP contribution in [0.3, 0.4) is 0 Å². The fourth-order valence-corrected chi connectivity index (χ4v) is 9.32. The molecular weight excluding hydrogens is 296 g/mol. The molecule has 2 aromatic carbocycles. The van der Waals surface area contributed by atoms with Crippen molar-refractivity contribution in [2.75, 3.05) is 0 Å². The molecule has 0 aliphatic heterocycles. The Morgan fingerprint density at radius 1 is 0.913 bits per heavy atom. The minimum absolute atomic E-state index is 0.577. The Hall–Kier alpha value is -1.54. The van der Waals surface area contributed by atoms with Gasteiger partial charge in [-0.25, -0.2) is 0 Å². The molecule has 0 aromatic heterocycles. The Morgan fingerprint density at radius 2 is 1.52 bits per heavy atom. The molecule has 0 saturated carbocycles. The van der Waals surface area contributed by atoms with Crippen LogP contribution in [-0.4, -0.2) is 8.32 Å². The largest absolute Gasteiger partial charge is 0.543 e. The van der Waals surface area contributed by atoms with E-state index in [1.54, 1.807) is 0 Å². The van der Waals surface area contributed by atoms with Crippen LogP contribution in [0, 0.1) is 0 Å². The molecule has 0 radical (unpaired) electrons. The van der Waals surface area contributed by atoms with Crippen LogP contribution in [0.4, 0.5) is 0 Å². The Bertz CT molecular complexity index is 664. The van der Waals surface area contributed by atoms with Crippen molar-refractivity contribution >= 4 is 25.2 Å². The first-order valence-electron chi connectivity index (χ1n) is 8.67. The first-order valence-corrected chi connectivity index (χ1v) is 10.8. The standard InChI is InChI=1S/C21H30OSi/c1-8-18-10-9-11-19-12-13-20(14-21(18)19)22-23(15(2)3,16(4)5)17(6)7/h8-17H,1H2,2-7H3. The monoisotopic (exact) mass is 326 g/mol. The van der Waals surface area contributed by atoms with Crippen LogP contribution in [0.1, 0.15) is 47.1 Å². The number of benzene rings is 2. The van der Waals surface area contributed by atoms with E-state index >= 15 is 0 Å². The summed E-state index contributed by atoms with van der Waals surface area (Å²) in [6.45, 7) is 17.9. The smallest absolute Gasteiger partial charge is 0.258 e. The van der Waals surface area contributed by atoms with E-state index in [4.69, 9.17) is 4.43 Å². The summed E-state index contributed by atoms with van der Waals surface area (Å²) in [5.74, 6) is 1.01. The second-order valence-electron chi connectivity index (χ2n) is 7.35. The zero-order valence-electron chi connectivity index (χ0n) is 15.4. The third-order valence-electron chi connectivity index (χ3n) is 5.11. The van der Waals surface area contributed by atoms with Crippen molar-refractivity contribution in [1.82, 2.24) is 0 Å². The van der Waals surface area contributed by atoms with Crippen molar-refractivity contribution in [3.63, 3.8) is 0 Å². The zero-order chi connectivity index (χ0) is 17.2. The number of hydrogen-bond acceptors (Lipinski definition) is 1. The summed E-state index contributed by atoms with van der Waals surface area (Å²) in [7, 11) is -1.91. The van der Waals surface area contributed by atoms with Gasteiger partial charge in [-0.15, -0.1) is 0 Å². The molecule has 0 atom stereocenters. The fourth-order valence-electron chi connectivity index (χ4n) is 4.08. The van der Waals surface area contributed by atoms with Gasteiger partial charge in [-0.3, -0.25) is 0 Å². The molecule has 23 heavy (non-hydrogen) atoms. The van der Waals surface area contributed by atoms with Crippen molar-refractivity contribution in [2.45, 2.75) is 58.2 Å². The van der Waals surface area contributed by atoms with Gasteiger partial charge in [0.15, 0.2) is 0 Å². The van der Waals surface area contributed by atoms with E-state index in [0.29, 0.717) is 16.6 Å². The van der Waals surface area contributed by atoms with Gasteiger partial charge in [-0.2, -0.15) is 0 Å². The van der Waals surface area contributed by atoms with Gasteiger partial charge >= 0.3 is 0 Å². The molecule has 2 rings (SSSR count). The fraction of sp³-hybridized carbons (Fsp3) is 0.429. The summed E-state index contributed by atoms with van der Waals surface area (Å²) in [6.07, 6.45) is 1.92. The van der Waals surface area contributed by atoms with Crippen molar-refractivity contribution in [3.05, 3.63) is 48.5 Å². The quantitative estimate of drug-likeness (QED) is 0.517. The molecule has 0 aliphatic carbocycles. The van der Waals surface area contributed by atoms with Gasteiger partial charge in [-0.05, 0) is 45.1 Å². The topological polar surface area (TPSA) is 9.23 Å². The summed E-state index contributed by atoms with van der Waals surface area (Å²) in [4.78, 5) is 0. The molecular formula is C21H30OSi. The van der Waals surface area contributed by atoms with Crippen molar-refractivity contribution < 1.29 is 4.43 Å². The summed E-state index contributed by atoms with van der Waals surface area (Å²) in [5, 5.41) is 2.46. The second-order valence-corrected chi connectivity index (χ2v) is 12.7. The molecule has 1 nitrogen and oxygen atoms in total. The van der Waals surface area contributed by atoms with Crippen LogP contribution < -0.4 is 4.43 Å². The predicted octanol–water partition coefficient (Wildman–Crippen LogP) is 7.04. The Kier molecular flexibility index (Phi) is 5.36. The third-order valence-corrected chi connectivity index (χ3v) is 11.1. The molecule has 0 bridgehead atoms. The highest BCUT2D eigenvalue weighted by atomic mass is 28.4. The van der Waals surface area contributed by atoms with Gasteiger partial charge < -0.3 is 4.43 Å². The van der Waals surface area contributed by atoms with Crippen LogP contribution in [0.5, 0.6) is 5.75 Å². The van der Waals surface area contributed by atoms with E-state index in [-0.39, 0.29) is 0 Å². The second kappa shape index (κ2) is 6.92. The van der Waals surface area contributed by atoms with Crippen LogP contribution in [0.2, 0.25) is 16.6 Å². The van der Waals surface area contributed by atoms with Crippen LogP contribution >= 0.6 is 0 Å². The molecule has 0 unspecified atom stereocenters. The van der Waals surface area contributed by atoms with E-state index in [1.807, 2.05) is 6.08 Å². The van der Waals surface area contributed by atoms with Gasteiger partial charge in [0.25, 0.3) is 8.32 Å². The molecule has 0 saturated heterocycles. The van der Waals surface area contributed by atoms with Crippen molar-refractivity contribution in [3.8, 4) is 5.75 Å². The van der Waals surface area contributed by atoms with E-state index in [2.05, 4.69) is 84.5 Å². The van der Waals surface area contributed by atoms with Gasteiger partial charge in [0.2, 0.25) is 0 Å². The van der Waals surface area contributed by atoms with Crippen molar-refractivity contribution in [2.24, 2.45) is 0 Å². The summed E-state index contributed by atoms with van der Waals surface area (Å²) < 4.78 is 6.80. The molecule has 0 fully saturated rings. The lowest BCUT2D eigenvalue weighted by atomic mass is 10.0. The highest BCUT2D eigenvalue weighted by molar-refractivity contribution is 6.78. The lowest BCUT2D eigenvalue weighted by Crippen LogP contribution is -2.50. The minimum atomic E-state index is -1.91. The van der Waals surface area contributed by atoms with Gasteiger partial charge in [-0.1, -0.05) is 78.5 Å². The van der Waals surface area contributed by atoms with Gasteiger partial charge in [0.1, 0.15) is 5.75 Å². The molecule has 0 aliphatic rings. The number of rotatable bonds is 6. The van der Waals surface area contributed by atoms with E-state index < -0.39 is 8.32 Å². The first-order chi connectivity index (χ1) is 10.8. The maximum atomic E-state index is 6.80. The molecule has 2 aromatic rings. The Labute approximate surface area is 142 Å².